The number of nitrogens with one attached hydrogen (secondary N) is 1. The van der Waals surface area contributed by atoms with Crippen LogP contribution in [0.4, 0.5) is 5.00 Å². The highest BCUT2D eigenvalue weighted by atomic mass is 32.1. The lowest BCUT2D eigenvalue weighted by molar-refractivity contribution is -0.147. The van der Waals surface area contributed by atoms with Crippen molar-refractivity contribution in [2.24, 2.45) is 11.8 Å². The molecule has 1 aromatic heterocycles. The van der Waals surface area contributed by atoms with Crippen molar-refractivity contribution in [3.63, 3.8) is 0 Å². The maximum atomic E-state index is 12.4. The fourth-order valence-corrected chi connectivity index (χ4v) is 3.72. The summed E-state index contributed by atoms with van der Waals surface area (Å²) in [4.78, 5) is 36.3. The van der Waals surface area contributed by atoms with Crippen molar-refractivity contribution in [1.29, 1.82) is 0 Å². The molecule has 0 bridgehead atoms. The van der Waals surface area contributed by atoms with Gasteiger partial charge in [0.1, 0.15) is 5.00 Å². The molecule has 1 aliphatic rings. The Labute approximate surface area is 132 Å². The van der Waals surface area contributed by atoms with Gasteiger partial charge >= 0.3 is 11.9 Å². The molecule has 1 saturated carbocycles. The molecule has 6 nitrogen and oxygen atoms in total. The van der Waals surface area contributed by atoms with Crippen LogP contribution in [0.15, 0.2) is 6.07 Å². The first kappa shape index (κ1) is 16.5. The number of carbonyl (C=O) groups excluding carboxylic acids is 2. The maximum absolute atomic E-state index is 12.4. The van der Waals surface area contributed by atoms with Crippen LogP contribution in [-0.2, 0) is 14.3 Å². The number of hydrogen-bond acceptors (Lipinski definition) is 5. The highest BCUT2D eigenvalue weighted by molar-refractivity contribution is 7.16. The topological polar surface area (TPSA) is 92.7 Å². The van der Waals surface area contributed by atoms with E-state index in [1.54, 1.807) is 6.07 Å². The molecule has 1 aliphatic carbocycles. The Morgan fingerprint density at radius 2 is 1.91 bits per heavy atom. The fourth-order valence-electron chi connectivity index (χ4n) is 2.81. The van der Waals surface area contributed by atoms with E-state index in [1.165, 1.54) is 18.4 Å². The zero-order chi connectivity index (χ0) is 16.3. The lowest BCUT2D eigenvalue weighted by Crippen LogP contribution is -2.36. The number of anilines is 1. The third-order valence-corrected chi connectivity index (χ3v) is 4.88. The average molecular weight is 325 g/mol. The van der Waals surface area contributed by atoms with Crippen LogP contribution < -0.4 is 5.32 Å². The van der Waals surface area contributed by atoms with Gasteiger partial charge in [0.25, 0.3) is 0 Å². The molecule has 22 heavy (non-hydrogen) atoms. The second-order valence-electron chi connectivity index (χ2n) is 5.42. The average Bonchev–Trinajstić information content (AvgIpc) is 2.86. The van der Waals surface area contributed by atoms with Gasteiger partial charge in [-0.05, 0) is 25.8 Å². The number of thiophene rings is 1. The molecule has 2 atom stereocenters. The molecule has 1 amide bonds. The van der Waals surface area contributed by atoms with Gasteiger partial charge < -0.3 is 15.2 Å². The zero-order valence-corrected chi connectivity index (χ0v) is 13.4. The van der Waals surface area contributed by atoms with Crippen LogP contribution in [0, 0.1) is 18.8 Å². The molecule has 7 heteroatoms. The fraction of sp³-hybridized carbons (Fsp3) is 0.533. The molecular formula is C15H19NO5S. The SMILES string of the molecule is COC(=O)c1cc(C)sc1NC(=O)[C@@H]1CCCC[C@H]1C(=O)O. The molecule has 0 radical (unpaired) electrons. The summed E-state index contributed by atoms with van der Waals surface area (Å²) in [5.41, 5.74) is 0.307. The molecule has 0 saturated heterocycles. The number of carbonyl (C=O) groups is 3. The van der Waals surface area contributed by atoms with Gasteiger partial charge in [-0.25, -0.2) is 4.79 Å². The molecule has 2 rings (SSSR count). The van der Waals surface area contributed by atoms with Gasteiger partial charge in [-0.3, -0.25) is 9.59 Å². The van der Waals surface area contributed by atoms with E-state index in [9.17, 15) is 19.5 Å². The first-order chi connectivity index (χ1) is 10.4. The lowest BCUT2D eigenvalue weighted by Gasteiger charge is -2.27. The summed E-state index contributed by atoms with van der Waals surface area (Å²) < 4.78 is 4.70. The Morgan fingerprint density at radius 3 is 2.50 bits per heavy atom. The van der Waals surface area contributed by atoms with Crippen molar-refractivity contribution in [3.05, 3.63) is 16.5 Å². The summed E-state index contributed by atoms with van der Waals surface area (Å²) in [6, 6.07) is 1.65. The van der Waals surface area contributed by atoms with Crippen LogP contribution in [0.1, 0.15) is 40.9 Å². The van der Waals surface area contributed by atoms with Gasteiger partial charge in [0, 0.05) is 4.88 Å². The minimum atomic E-state index is -0.935. The van der Waals surface area contributed by atoms with E-state index < -0.39 is 23.8 Å². The van der Waals surface area contributed by atoms with E-state index in [0.29, 0.717) is 23.4 Å². The molecule has 0 aromatic carbocycles. The molecule has 0 aliphatic heterocycles. The molecular weight excluding hydrogens is 306 g/mol. The van der Waals surface area contributed by atoms with Crippen molar-refractivity contribution in [2.45, 2.75) is 32.6 Å². The number of aryl methyl sites for hydroxylation is 1. The summed E-state index contributed by atoms with van der Waals surface area (Å²) in [5.74, 6) is -3.00. The van der Waals surface area contributed by atoms with E-state index in [0.717, 1.165) is 17.7 Å². The number of rotatable bonds is 4. The number of hydrogen-bond donors (Lipinski definition) is 2. The molecule has 2 N–H and O–H groups in total. The van der Waals surface area contributed by atoms with Gasteiger partial charge in [0.15, 0.2) is 0 Å². The van der Waals surface area contributed by atoms with Crippen LogP contribution in [0.25, 0.3) is 0 Å². The number of esters is 1. The van der Waals surface area contributed by atoms with E-state index in [2.05, 4.69) is 5.32 Å². The summed E-state index contributed by atoms with van der Waals surface area (Å²) in [7, 11) is 1.28. The Morgan fingerprint density at radius 1 is 1.27 bits per heavy atom. The van der Waals surface area contributed by atoms with Gasteiger partial charge in [-0.1, -0.05) is 12.8 Å². The number of carboxylic acids is 1. The standard InChI is InChI=1S/C15H19NO5S/c1-8-7-11(15(20)21-2)13(22-8)16-12(17)9-5-3-4-6-10(9)14(18)19/h7,9-10H,3-6H2,1-2H3,(H,16,17)(H,18,19)/t9-,10-/m1/s1. The summed E-state index contributed by atoms with van der Waals surface area (Å²) >= 11 is 1.28. The van der Waals surface area contributed by atoms with Crippen molar-refractivity contribution < 1.29 is 24.2 Å². The molecule has 1 fully saturated rings. The largest absolute Gasteiger partial charge is 0.481 e. The predicted molar refractivity (Wildman–Crippen MR) is 82.1 cm³/mol. The third kappa shape index (κ3) is 3.47. The first-order valence-corrected chi connectivity index (χ1v) is 7.98. The zero-order valence-electron chi connectivity index (χ0n) is 12.5. The number of amides is 1. The van der Waals surface area contributed by atoms with Crippen LogP contribution in [-0.4, -0.2) is 30.1 Å². The highest BCUT2D eigenvalue weighted by Gasteiger charge is 2.36. The number of carboxylic acid groups (broad SMARTS) is 1. The number of methoxy groups -OCH3 is 1. The lowest BCUT2D eigenvalue weighted by atomic mass is 9.79. The Balaban J connectivity index is 2.17. The van der Waals surface area contributed by atoms with E-state index in [4.69, 9.17) is 4.74 Å². The van der Waals surface area contributed by atoms with E-state index >= 15 is 0 Å². The molecule has 0 spiro atoms. The van der Waals surface area contributed by atoms with Gasteiger partial charge in [0.2, 0.25) is 5.91 Å². The van der Waals surface area contributed by atoms with Crippen molar-refractivity contribution >= 4 is 34.2 Å². The normalized spacial score (nSPS) is 21.2. The van der Waals surface area contributed by atoms with Gasteiger partial charge in [-0.15, -0.1) is 11.3 Å². The van der Waals surface area contributed by atoms with Crippen LogP contribution >= 0.6 is 11.3 Å². The smallest absolute Gasteiger partial charge is 0.340 e. The van der Waals surface area contributed by atoms with Crippen LogP contribution in [0.2, 0.25) is 0 Å². The van der Waals surface area contributed by atoms with Crippen molar-refractivity contribution in [1.82, 2.24) is 0 Å². The Hall–Kier alpha value is -1.89. The Kier molecular flexibility index (Phi) is 5.18. The molecule has 120 valence electrons. The number of aliphatic carboxylic acids is 1. The van der Waals surface area contributed by atoms with Crippen molar-refractivity contribution in [3.8, 4) is 0 Å². The monoisotopic (exact) mass is 325 g/mol. The van der Waals surface area contributed by atoms with Gasteiger partial charge in [0.05, 0.1) is 24.5 Å². The second-order valence-corrected chi connectivity index (χ2v) is 6.67. The second kappa shape index (κ2) is 6.91. The van der Waals surface area contributed by atoms with Crippen LogP contribution in [0.3, 0.4) is 0 Å². The maximum Gasteiger partial charge on any atom is 0.340 e. The predicted octanol–water partition coefficient (Wildman–Crippen LogP) is 2.67. The van der Waals surface area contributed by atoms with Crippen molar-refractivity contribution in [2.75, 3.05) is 12.4 Å². The first-order valence-electron chi connectivity index (χ1n) is 7.16. The summed E-state index contributed by atoms with van der Waals surface area (Å²) in [6.45, 7) is 1.83. The summed E-state index contributed by atoms with van der Waals surface area (Å²) in [6.07, 6.45) is 2.74. The molecule has 0 unspecified atom stereocenters. The molecule has 1 heterocycles. The van der Waals surface area contributed by atoms with E-state index in [-0.39, 0.29) is 5.91 Å². The Bertz CT molecular complexity index is 595. The minimum Gasteiger partial charge on any atom is -0.481 e. The quantitative estimate of drug-likeness (QED) is 0.830. The molecule has 1 aromatic rings. The van der Waals surface area contributed by atoms with Crippen LogP contribution in [0.5, 0.6) is 0 Å². The van der Waals surface area contributed by atoms with Gasteiger partial charge in [-0.2, -0.15) is 0 Å². The number of ether oxygens (including phenoxy) is 1. The minimum absolute atomic E-state index is 0.307. The van der Waals surface area contributed by atoms with E-state index in [1.807, 2.05) is 6.92 Å². The highest BCUT2D eigenvalue weighted by Crippen LogP contribution is 2.33. The third-order valence-electron chi connectivity index (χ3n) is 3.92. The summed E-state index contributed by atoms with van der Waals surface area (Å²) in [5, 5.41) is 12.4.